The summed E-state index contributed by atoms with van der Waals surface area (Å²) in [7, 11) is 2.26. The van der Waals surface area contributed by atoms with Gasteiger partial charge in [-0.3, -0.25) is 0 Å². The molecule has 2 atom stereocenters. The fourth-order valence-electron chi connectivity index (χ4n) is 2.43. The molecular formula is C11H23N. The van der Waals surface area contributed by atoms with Gasteiger partial charge in [0.25, 0.3) is 0 Å². The van der Waals surface area contributed by atoms with Crippen molar-refractivity contribution in [2.24, 2.45) is 11.3 Å². The van der Waals surface area contributed by atoms with E-state index in [-0.39, 0.29) is 0 Å². The van der Waals surface area contributed by atoms with Crippen LogP contribution >= 0.6 is 0 Å². The van der Waals surface area contributed by atoms with Gasteiger partial charge in [0.05, 0.1) is 0 Å². The quantitative estimate of drug-likeness (QED) is 0.583. The van der Waals surface area contributed by atoms with E-state index < -0.39 is 0 Å². The van der Waals surface area contributed by atoms with Crippen LogP contribution in [0.15, 0.2) is 0 Å². The van der Waals surface area contributed by atoms with E-state index in [1.54, 1.807) is 0 Å². The van der Waals surface area contributed by atoms with Crippen LogP contribution in [-0.4, -0.2) is 24.5 Å². The molecule has 0 aromatic rings. The molecule has 1 fully saturated rings. The molecule has 0 N–H and O–H groups in total. The van der Waals surface area contributed by atoms with Crippen LogP contribution < -0.4 is 0 Å². The molecule has 12 heavy (non-hydrogen) atoms. The van der Waals surface area contributed by atoms with Crippen molar-refractivity contribution in [2.75, 3.05) is 13.6 Å². The highest BCUT2D eigenvalue weighted by atomic mass is 15.1. The van der Waals surface area contributed by atoms with Crippen LogP contribution in [0.5, 0.6) is 0 Å². The molecule has 0 aliphatic carbocycles. The average Bonchev–Trinajstić information content (AvgIpc) is 2.00. The normalized spacial score (nSPS) is 36.8. The summed E-state index contributed by atoms with van der Waals surface area (Å²) in [5.74, 6) is 0.834. The predicted molar refractivity (Wildman–Crippen MR) is 54.3 cm³/mol. The molecule has 0 spiro atoms. The van der Waals surface area contributed by atoms with Gasteiger partial charge in [0.2, 0.25) is 0 Å². The van der Waals surface area contributed by atoms with E-state index in [1.165, 1.54) is 19.4 Å². The number of hydrogen-bond acceptors (Lipinski definition) is 1. The first-order chi connectivity index (χ1) is 5.49. The molecule has 0 aromatic heterocycles. The fraction of sp³-hybridized carbons (Fsp3) is 1.00. The molecule has 1 heteroatoms. The van der Waals surface area contributed by atoms with E-state index in [0.717, 1.165) is 12.0 Å². The summed E-state index contributed by atoms with van der Waals surface area (Å²) in [6.45, 7) is 10.8. The van der Waals surface area contributed by atoms with Gasteiger partial charge < -0.3 is 4.90 Å². The summed E-state index contributed by atoms with van der Waals surface area (Å²) in [6.07, 6.45) is 2.64. The fourth-order valence-corrected chi connectivity index (χ4v) is 2.43. The number of piperidine rings is 1. The van der Waals surface area contributed by atoms with Crippen molar-refractivity contribution in [1.29, 1.82) is 0 Å². The number of hydrogen-bond donors (Lipinski definition) is 0. The number of nitrogens with zero attached hydrogens (tertiary/aromatic N) is 1. The van der Waals surface area contributed by atoms with Crippen LogP contribution in [0.4, 0.5) is 0 Å². The van der Waals surface area contributed by atoms with E-state index in [2.05, 4.69) is 39.6 Å². The molecule has 1 aliphatic rings. The predicted octanol–water partition coefficient (Wildman–Crippen LogP) is 2.76. The van der Waals surface area contributed by atoms with Gasteiger partial charge in [-0.05, 0) is 37.8 Å². The molecule has 1 heterocycles. The van der Waals surface area contributed by atoms with E-state index >= 15 is 0 Å². The van der Waals surface area contributed by atoms with Gasteiger partial charge in [-0.2, -0.15) is 0 Å². The van der Waals surface area contributed by atoms with Gasteiger partial charge in [0.15, 0.2) is 0 Å². The van der Waals surface area contributed by atoms with Gasteiger partial charge in [0.1, 0.15) is 0 Å². The van der Waals surface area contributed by atoms with Crippen molar-refractivity contribution in [3.05, 3.63) is 0 Å². The van der Waals surface area contributed by atoms with Crippen molar-refractivity contribution in [3.8, 4) is 0 Å². The van der Waals surface area contributed by atoms with Crippen LogP contribution in [0.3, 0.4) is 0 Å². The molecule has 1 saturated heterocycles. The highest BCUT2D eigenvalue weighted by Gasteiger charge is 2.37. The molecular weight excluding hydrogens is 146 g/mol. The van der Waals surface area contributed by atoms with Crippen molar-refractivity contribution in [1.82, 2.24) is 4.90 Å². The summed E-state index contributed by atoms with van der Waals surface area (Å²) in [5, 5.41) is 0. The standard InChI is InChI=1S/C11H23N/c1-6-10-9(2)11(3,4)7-8-12(10)5/h9-10H,6-8H2,1-5H3. The van der Waals surface area contributed by atoms with Gasteiger partial charge in [-0.1, -0.05) is 27.7 Å². The lowest BCUT2D eigenvalue weighted by molar-refractivity contribution is 0.0254. The Kier molecular flexibility index (Phi) is 2.82. The molecule has 0 radical (unpaired) electrons. The second-order valence-corrected chi connectivity index (χ2v) is 4.98. The van der Waals surface area contributed by atoms with Gasteiger partial charge in [-0.15, -0.1) is 0 Å². The Balaban J connectivity index is 2.70. The number of likely N-dealkylation sites (tertiary alicyclic amines) is 1. The first-order valence-electron chi connectivity index (χ1n) is 5.19. The summed E-state index contributed by atoms with van der Waals surface area (Å²) in [5.41, 5.74) is 0.549. The van der Waals surface area contributed by atoms with E-state index in [1.807, 2.05) is 0 Å². The molecule has 0 bridgehead atoms. The zero-order valence-corrected chi connectivity index (χ0v) is 9.22. The molecule has 1 nitrogen and oxygen atoms in total. The monoisotopic (exact) mass is 169 g/mol. The Morgan fingerprint density at radius 3 is 2.42 bits per heavy atom. The lowest BCUT2D eigenvalue weighted by atomic mass is 9.70. The van der Waals surface area contributed by atoms with Crippen molar-refractivity contribution in [2.45, 2.75) is 46.6 Å². The molecule has 2 unspecified atom stereocenters. The van der Waals surface area contributed by atoms with E-state index in [4.69, 9.17) is 0 Å². The number of rotatable bonds is 1. The third-order valence-electron chi connectivity index (χ3n) is 3.90. The first-order valence-corrected chi connectivity index (χ1v) is 5.19. The van der Waals surface area contributed by atoms with Crippen molar-refractivity contribution >= 4 is 0 Å². The lowest BCUT2D eigenvalue weighted by Crippen LogP contribution is -2.49. The second-order valence-electron chi connectivity index (χ2n) is 4.98. The summed E-state index contributed by atoms with van der Waals surface area (Å²) in [6, 6.07) is 0.800. The molecule has 1 aliphatic heterocycles. The van der Waals surface area contributed by atoms with Gasteiger partial charge in [-0.25, -0.2) is 0 Å². The minimum absolute atomic E-state index is 0.549. The maximum Gasteiger partial charge on any atom is 0.0120 e. The lowest BCUT2D eigenvalue weighted by Gasteiger charge is -2.47. The third kappa shape index (κ3) is 1.66. The van der Waals surface area contributed by atoms with Gasteiger partial charge in [0, 0.05) is 6.04 Å². The summed E-state index contributed by atoms with van der Waals surface area (Å²) in [4.78, 5) is 2.52. The van der Waals surface area contributed by atoms with Crippen LogP contribution in [0.2, 0.25) is 0 Å². The van der Waals surface area contributed by atoms with Crippen molar-refractivity contribution < 1.29 is 0 Å². The van der Waals surface area contributed by atoms with Crippen LogP contribution in [0.25, 0.3) is 0 Å². The molecule has 0 amide bonds. The maximum atomic E-state index is 2.52. The highest BCUT2D eigenvalue weighted by molar-refractivity contribution is 4.89. The maximum absolute atomic E-state index is 2.52. The molecule has 0 saturated carbocycles. The zero-order valence-electron chi connectivity index (χ0n) is 9.22. The van der Waals surface area contributed by atoms with Crippen LogP contribution in [-0.2, 0) is 0 Å². The van der Waals surface area contributed by atoms with E-state index in [9.17, 15) is 0 Å². The molecule has 72 valence electrons. The Hall–Kier alpha value is -0.0400. The Bertz CT molecular complexity index is 151. The van der Waals surface area contributed by atoms with Gasteiger partial charge >= 0.3 is 0 Å². The third-order valence-corrected chi connectivity index (χ3v) is 3.90. The molecule has 0 aromatic carbocycles. The van der Waals surface area contributed by atoms with Crippen molar-refractivity contribution in [3.63, 3.8) is 0 Å². The minimum atomic E-state index is 0.549. The smallest absolute Gasteiger partial charge is 0.0120 e. The minimum Gasteiger partial charge on any atom is -0.303 e. The SMILES string of the molecule is CCC1C(C)C(C)(C)CCN1C. The highest BCUT2D eigenvalue weighted by Crippen LogP contribution is 2.39. The average molecular weight is 169 g/mol. The van der Waals surface area contributed by atoms with Crippen LogP contribution in [0, 0.1) is 11.3 Å². The summed E-state index contributed by atoms with van der Waals surface area (Å²) >= 11 is 0. The largest absolute Gasteiger partial charge is 0.303 e. The van der Waals surface area contributed by atoms with Crippen LogP contribution in [0.1, 0.15) is 40.5 Å². The van der Waals surface area contributed by atoms with E-state index in [0.29, 0.717) is 5.41 Å². The zero-order chi connectivity index (χ0) is 9.35. The first kappa shape index (κ1) is 10.0. The Labute approximate surface area is 77.1 Å². The summed E-state index contributed by atoms with van der Waals surface area (Å²) < 4.78 is 0. The topological polar surface area (TPSA) is 3.24 Å². The molecule has 1 rings (SSSR count). The second kappa shape index (κ2) is 3.37. The Morgan fingerprint density at radius 1 is 1.42 bits per heavy atom. The Morgan fingerprint density at radius 2 is 2.00 bits per heavy atom.